The Morgan fingerprint density at radius 2 is 1.78 bits per heavy atom. The van der Waals surface area contributed by atoms with Gasteiger partial charge in [-0.1, -0.05) is 58.0 Å². The lowest BCUT2D eigenvalue weighted by atomic mass is 10.0. The average Bonchev–Trinajstić information content (AvgIpc) is 2.60. The van der Waals surface area contributed by atoms with E-state index in [2.05, 4.69) is 33.9 Å². The van der Waals surface area contributed by atoms with Crippen LogP contribution in [0.1, 0.15) is 39.7 Å². The summed E-state index contributed by atoms with van der Waals surface area (Å²) in [7, 11) is -0.496. The van der Waals surface area contributed by atoms with Crippen LogP contribution < -0.4 is 0 Å². The van der Waals surface area contributed by atoms with E-state index in [0.717, 1.165) is 5.56 Å². The van der Waals surface area contributed by atoms with E-state index in [-0.39, 0.29) is 29.8 Å². The van der Waals surface area contributed by atoms with Gasteiger partial charge in [-0.15, -0.1) is 0 Å². The summed E-state index contributed by atoms with van der Waals surface area (Å²) in [5, 5.41) is 0.118. The van der Waals surface area contributed by atoms with Gasteiger partial charge in [-0.05, 0) is 29.6 Å². The number of rotatable bonds is 11. The Morgan fingerprint density at radius 1 is 1.15 bits per heavy atom. The van der Waals surface area contributed by atoms with Gasteiger partial charge in [0.15, 0.2) is 8.32 Å². The third kappa shape index (κ3) is 8.56. The molecule has 0 aliphatic rings. The van der Waals surface area contributed by atoms with Crippen molar-refractivity contribution < 1.29 is 23.4 Å². The second-order valence-electron chi connectivity index (χ2n) is 8.49. The van der Waals surface area contributed by atoms with Crippen molar-refractivity contribution in [1.29, 1.82) is 0 Å². The molecule has 0 heterocycles. The molecule has 2 atom stereocenters. The molecule has 0 spiro atoms. The molecule has 5 nitrogen and oxygen atoms in total. The second-order valence-corrected chi connectivity index (χ2v) is 13.3. The molecule has 154 valence electrons. The summed E-state index contributed by atoms with van der Waals surface area (Å²) in [4.78, 5) is 11.7. The monoisotopic (exact) mass is 396 g/mol. The maximum Gasteiger partial charge on any atom is 0.305 e. The third-order valence-electron chi connectivity index (χ3n) is 5.24. The molecule has 0 aliphatic carbocycles. The Morgan fingerprint density at radius 3 is 2.33 bits per heavy atom. The van der Waals surface area contributed by atoms with E-state index >= 15 is 0 Å². The second kappa shape index (κ2) is 11.0. The molecule has 0 aliphatic heterocycles. The molecule has 0 saturated heterocycles. The summed E-state index contributed by atoms with van der Waals surface area (Å²) >= 11 is 0. The predicted molar refractivity (Wildman–Crippen MR) is 110 cm³/mol. The van der Waals surface area contributed by atoms with Crippen molar-refractivity contribution in [2.75, 3.05) is 20.5 Å². The van der Waals surface area contributed by atoms with E-state index in [1.165, 1.54) is 7.11 Å². The average molecular weight is 397 g/mol. The van der Waals surface area contributed by atoms with Gasteiger partial charge in [0.25, 0.3) is 0 Å². The van der Waals surface area contributed by atoms with Gasteiger partial charge in [0.05, 0.1) is 32.8 Å². The molecular weight excluding hydrogens is 360 g/mol. The van der Waals surface area contributed by atoms with Crippen molar-refractivity contribution in [3.05, 3.63) is 35.9 Å². The number of methoxy groups -OCH3 is 1. The maximum atomic E-state index is 11.7. The lowest BCUT2D eigenvalue weighted by molar-refractivity contribution is -0.148. The highest BCUT2D eigenvalue weighted by atomic mass is 28.4. The summed E-state index contributed by atoms with van der Waals surface area (Å²) < 4.78 is 22.7. The minimum absolute atomic E-state index is 0.0254. The normalized spacial score (nSPS) is 14.6. The van der Waals surface area contributed by atoms with E-state index in [9.17, 15) is 4.79 Å². The lowest BCUT2D eigenvalue weighted by Crippen LogP contribution is -2.44. The number of benzene rings is 1. The first-order valence-electron chi connectivity index (χ1n) is 9.51. The van der Waals surface area contributed by atoms with E-state index in [1.807, 2.05) is 37.3 Å². The highest BCUT2D eigenvalue weighted by molar-refractivity contribution is 6.74. The molecule has 6 heteroatoms. The fraction of sp³-hybridized carbons (Fsp3) is 0.667. The van der Waals surface area contributed by atoms with Crippen molar-refractivity contribution in [2.24, 2.45) is 5.92 Å². The van der Waals surface area contributed by atoms with Crippen LogP contribution in [0, 0.1) is 5.92 Å². The maximum absolute atomic E-state index is 11.7. The van der Waals surface area contributed by atoms with Crippen molar-refractivity contribution in [1.82, 2.24) is 0 Å². The first kappa shape index (κ1) is 23.8. The zero-order chi connectivity index (χ0) is 20.5. The molecular formula is C21H36O5Si. The van der Waals surface area contributed by atoms with E-state index in [1.54, 1.807) is 0 Å². The highest BCUT2D eigenvalue weighted by Gasteiger charge is 2.38. The van der Waals surface area contributed by atoms with Gasteiger partial charge in [-0.3, -0.25) is 4.79 Å². The Hall–Kier alpha value is -1.21. The fourth-order valence-corrected chi connectivity index (χ4v) is 3.24. The molecule has 0 aromatic heterocycles. The molecule has 0 bridgehead atoms. The van der Waals surface area contributed by atoms with Crippen LogP contribution >= 0.6 is 0 Å². The van der Waals surface area contributed by atoms with Gasteiger partial charge in [0, 0.05) is 0 Å². The number of hydrogen-bond acceptors (Lipinski definition) is 5. The molecule has 27 heavy (non-hydrogen) atoms. The van der Waals surface area contributed by atoms with Crippen molar-refractivity contribution >= 4 is 14.3 Å². The Bertz CT molecular complexity index is 553. The zero-order valence-corrected chi connectivity index (χ0v) is 18.9. The first-order valence-corrected chi connectivity index (χ1v) is 12.4. The highest BCUT2D eigenvalue weighted by Crippen LogP contribution is 2.36. The Balaban J connectivity index is 2.60. The zero-order valence-electron chi connectivity index (χ0n) is 17.9. The van der Waals surface area contributed by atoms with Crippen LogP contribution in [0.15, 0.2) is 30.3 Å². The molecule has 0 unspecified atom stereocenters. The van der Waals surface area contributed by atoms with Gasteiger partial charge in [-0.25, -0.2) is 0 Å². The van der Waals surface area contributed by atoms with Gasteiger partial charge >= 0.3 is 5.97 Å². The molecule has 0 fully saturated rings. The summed E-state index contributed by atoms with van der Waals surface area (Å²) in [6.45, 7) is 14.1. The number of esters is 1. The fourth-order valence-electron chi connectivity index (χ4n) is 2.23. The molecule has 0 amide bonds. The number of ether oxygens (including phenoxy) is 3. The van der Waals surface area contributed by atoms with Gasteiger partial charge in [0.1, 0.15) is 6.79 Å². The SMILES string of the molecule is COC(=O)C[C@H](C)[C@@H](CO[Si](C)(C)C(C)(C)C)OCOCc1ccccc1. The summed E-state index contributed by atoms with van der Waals surface area (Å²) in [5.41, 5.74) is 1.10. The number of carbonyl (C=O) groups excluding carboxylic acids is 1. The number of carbonyl (C=O) groups is 1. The van der Waals surface area contributed by atoms with E-state index in [0.29, 0.717) is 19.6 Å². The lowest BCUT2D eigenvalue weighted by Gasteiger charge is -2.38. The van der Waals surface area contributed by atoms with Crippen LogP contribution in [-0.2, 0) is 30.0 Å². The van der Waals surface area contributed by atoms with Gasteiger partial charge < -0.3 is 18.6 Å². The van der Waals surface area contributed by atoms with Gasteiger partial charge in [-0.2, -0.15) is 0 Å². The topological polar surface area (TPSA) is 54.0 Å². The molecule has 0 saturated carbocycles. The smallest absolute Gasteiger partial charge is 0.305 e. The minimum atomic E-state index is -1.90. The van der Waals surface area contributed by atoms with Gasteiger partial charge in [0.2, 0.25) is 0 Å². The molecule has 0 N–H and O–H groups in total. The van der Waals surface area contributed by atoms with E-state index in [4.69, 9.17) is 18.6 Å². The van der Waals surface area contributed by atoms with E-state index < -0.39 is 8.32 Å². The van der Waals surface area contributed by atoms with Crippen LogP contribution in [-0.4, -0.2) is 40.9 Å². The molecule has 1 aromatic rings. The van der Waals surface area contributed by atoms with Crippen molar-refractivity contribution in [3.8, 4) is 0 Å². The van der Waals surface area contributed by atoms with Crippen LogP contribution in [0.4, 0.5) is 0 Å². The van der Waals surface area contributed by atoms with Crippen LogP contribution in [0.5, 0.6) is 0 Å². The molecule has 0 radical (unpaired) electrons. The number of hydrogen-bond donors (Lipinski definition) is 0. The minimum Gasteiger partial charge on any atom is -0.469 e. The summed E-state index contributed by atoms with van der Waals surface area (Å²) in [6.07, 6.45) is 0.0646. The molecule has 1 aromatic carbocycles. The Labute approximate surface area is 165 Å². The largest absolute Gasteiger partial charge is 0.469 e. The van der Waals surface area contributed by atoms with Crippen LogP contribution in [0.25, 0.3) is 0 Å². The summed E-state index contributed by atoms with van der Waals surface area (Å²) in [5.74, 6) is -0.267. The van der Waals surface area contributed by atoms with Crippen LogP contribution in [0.3, 0.4) is 0 Å². The van der Waals surface area contributed by atoms with Crippen LogP contribution in [0.2, 0.25) is 18.1 Å². The summed E-state index contributed by atoms with van der Waals surface area (Å²) in [6, 6.07) is 9.96. The third-order valence-corrected chi connectivity index (χ3v) is 9.74. The molecule has 1 rings (SSSR count). The standard InChI is InChI=1S/C21H36O5Si/c1-17(13-20(22)23-5)19(15-26-27(6,7)21(2,3)4)25-16-24-14-18-11-9-8-10-12-18/h8-12,17,19H,13-16H2,1-7H3/t17-,19+/m0/s1. The Kier molecular flexibility index (Phi) is 9.66. The quantitative estimate of drug-likeness (QED) is 0.233. The van der Waals surface area contributed by atoms with Crippen molar-refractivity contribution in [3.63, 3.8) is 0 Å². The first-order chi connectivity index (χ1) is 12.6. The predicted octanol–water partition coefficient (Wildman–Crippen LogP) is 4.77. The van der Waals surface area contributed by atoms with Crippen molar-refractivity contribution in [2.45, 2.75) is 65.0 Å².